The van der Waals surface area contributed by atoms with Crippen molar-refractivity contribution in [2.45, 2.75) is 66.5 Å². The maximum absolute atomic E-state index is 13.1. The van der Waals surface area contributed by atoms with E-state index in [1.807, 2.05) is 32.9 Å². The Kier molecular flexibility index (Phi) is 6.47. The van der Waals surface area contributed by atoms with Crippen LogP contribution in [0.25, 0.3) is 6.08 Å². The number of nitriles is 1. The molecule has 1 aliphatic carbocycles. The standard InChI is InChI=1S/C25H33N3O3/c1-15-8-19(18(4)28(15)16(2)14-30-7)10-20(13-26)24(29)27-22-11-25(5,6)12-23-21(22)9-17(3)31-23/h8-10,16,22H,11-12,14H2,1-7H3,(H,27,29)/b20-10-. The van der Waals surface area contributed by atoms with Crippen molar-refractivity contribution in [1.29, 1.82) is 5.26 Å². The number of amides is 1. The molecule has 0 radical (unpaired) electrons. The number of aryl methyl sites for hydroxylation is 2. The second-order valence-corrected chi connectivity index (χ2v) is 9.48. The Morgan fingerprint density at radius 1 is 1.42 bits per heavy atom. The average molecular weight is 424 g/mol. The first-order valence-corrected chi connectivity index (χ1v) is 10.8. The number of nitrogens with zero attached hydrogens (tertiary/aromatic N) is 2. The van der Waals surface area contributed by atoms with Crippen LogP contribution in [0.2, 0.25) is 0 Å². The zero-order valence-corrected chi connectivity index (χ0v) is 19.6. The lowest BCUT2D eigenvalue weighted by Gasteiger charge is -2.34. The van der Waals surface area contributed by atoms with Crippen LogP contribution < -0.4 is 5.32 Å². The van der Waals surface area contributed by atoms with Crippen molar-refractivity contribution in [2.24, 2.45) is 5.41 Å². The Morgan fingerprint density at radius 3 is 2.77 bits per heavy atom. The molecule has 2 aromatic rings. The van der Waals surface area contributed by atoms with E-state index < -0.39 is 0 Å². The van der Waals surface area contributed by atoms with Gasteiger partial charge in [-0.2, -0.15) is 5.26 Å². The number of carbonyl (C=O) groups excluding carboxylic acids is 1. The van der Waals surface area contributed by atoms with Gasteiger partial charge in [-0.25, -0.2) is 0 Å². The first-order valence-electron chi connectivity index (χ1n) is 10.8. The van der Waals surface area contributed by atoms with E-state index in [9.17, 15) is 10.1 Å². The van der Waals surface area contributed by atoms with Crippen LogP contribution >= 0.6 is 0 Å². The summed E-state index contributed by atoms with van der Waals surface area (Å²) in [7, 11) is 1.68. The largest absolute Gasteiger partial charge is 0.466 e. The fourth-order valence-corrected chi connectivity index (χ4v) is 4.80. The normalized spacial score (nSPS) is 18.9. The van der Waals surface area contributed by atoms with Gasteiger partial charge in [-0.05, 0) is 63.3 Å². The number of aromatic nitrogens is 1. The summed E-state index contributed by atoms with van der Waals surface area (Å²) in [6.07, 6.45) is 3.32. The highest BCUT2D eigenvalue weighted by molar-refractivity contribution is 6.02. The Morgan fingerprint density at radius 2 is 2.13 bits per heavy atom. The molecule has 0 spiro atoms. The summed E-state index contributed by atoms with van der Waals surface area (Å²) in [5.74, 6) is 1.41. The quantitative estimate of drug-likeness (QED) is 0.526. The van der Waals surface area contributed by atoms with Gasteiger partial charge in [0.25, 0.3) is 5.91 Å². The minimum atomic E-state index is -0.357. The first-order chi connectivity index (χ1) is 14.6. The van der Waals surface area contributed by atoms with Crippen LogP contribution in [-0.4, -0.2) is 24.2 Å². The predicted octanol–water partition coefficient (Wildman–Crippen LogP) is 4.95. The molecule has 1 aliphatic rings. The van der Waals surface area contributed by atoms with E-state index >= 15 is 0 Å². The Labute approximate surface area is 184 Å². The molecule has 3 rings (SSSR count). The molecule has 6 nitrogen and oxygen atoms in total. The third kappa shape index (κ3) is 4.77. The highest BCUT2D eigenvalue weighted by Gasteiger charge is 2.36. The van der Waals surface area contributed by atoms with Crippen molar-refractivity contribution in [3.63, 3.8) is 0 Å². The van der Waals surface area contributed by atoms with Gasteiger partial charge in [0.15, 0.2) is 0 Å². The van der Waals surface area contributed by atoms with Gasteiger partial charge in [-0.15, -0.1) is 0 Å². The lowest BCUT2D eigenvalue weighted by Crippen LogP contribution is -2.36. The molecule has 6 heteroatoms. The molecule has 0 fully saturated rings. The van der Waals surface area contributed by atoms with Crippen LogP contribution in [-0.2, 0) is 16.0 Å². The van der Waals surface area contributed by atoms with E-state index in [0.29, 0.717) is 6.61 Å². The van der Waals surface area contributed by atoms with Crippen LogP contribution in [0.3, 0.4) is 0 Å². The van der Waals surface area contributed by atoms with Crippen LogP contribution in [0, 0.1) is 37.5 Å². The van der Waals surface area contributed by atoms with Crippen molar-refractivity contribution in [2.75, 3.05) is 13.7 Å². The van der Waals surface area contributed by atoms with Gasteiger partial charge >= 0.3 is 0 Å². The fraction of sp³-hybridized carbons (Fsp3) is 0.520. The average Bonchev–Trinajstić information content (AvgIpc) is 3.17. The SMILES string of the molecule is COCC(C)n1c(C)cc(/C=C(/C#N)C(=O)NC2CC(C)(C)Cc3oc(C)cc32)c1C. The predicted molar refractivity (Wildman–Crippen MR) is 121 cm³/mol. The molecule has 2 unspecified atom stereocenters. The molecule has 2 heterocycles. The first kappa shape index (κ1) is 22.9. The van der Waals surface area contributed by atoms with Crippen molar-refractivity contribution in [3.05, 3.63) is 51.7 Å². The maximum atomic E-state index is 13.1. The molecule has 0 bridgehead atoms. The van der Waals surface area contributed by atoms with Gasteiger partial charge in [0.2, 0.25) is 0 Å². The molecule has 0 aromatic carbocycles. The Bertz CT molecular complexity index is 1050. The van der Waals surface area contributed by atoms with Crippen LogP contribution in [0.5, 0.6) is 0 Å². The number of methoxy groups -OCH3 is 1. The van der Waals surface area contributed by atoms with Gasteiger partial charge in [0, 0.05) is 30.5 Å². The van der Waals surface area contributed by atoms with E-state index in [0.717, 1.165) is 46.9 Å². The molecule has 1 amide bonds. The number of hydrogen-bond acceptors (Lipinski definition) is 4. The number of rotatable bonds is 6. The molecule has 0 saturated carbocycles. The van der Waals surface area contributed by atoms with Crippen molar-refractivity contribution in [1.82, 2.24) is 9.88 Å². The number of hydrogen-bond donors (Lipinski definition) is 1. The zero-order chi connectivity index (χ0) is 22.9. The number of nitrogens with one attached hydrogen (secondary N) is 1. The van der Waals surface area contributed by atoms with E-state index in [1.54, 1.807) is 13.2 Å². The van der Waals surface area contributed by atoms with Crippen LogP contribution in [0.1, 0.15) is 73.3 Å². The number of furan rings is 1. The molecular formula is C25H33N3O3. The highest BCUT2D eigenvalue weighted by atomic mass is 16.5. The summed E-state index contributed by atoms with van der Waals surface area (Å²) in [6, 6.07) is 6.09. The topological polar surface area (TPSA) is 80.2 Å². The molecule has 2 atom stereocenters. The monoisotopic (exact) mass is 423 g/mol. The second kappa shape index (κ2) is 8.76. The molecule has 0 aliphatic heterocycles. The molecule has 1 N–H and O–H groups in total. The van der Waals surface area contributed by atoms with Gasteiger partial charge < -0.3 is 19.0 Å². The summed E-state index contributed by atoms with van der Waals surface area (Å²) in [6.45, 7) is 13.0. The van der Waals surface area contributed by atoms with Crippen molar-refractivity contribution < 1.29 is 13.9 Å². The third-order valence-corrected chi connectivity index (χ3v) is 6.08. The zero-order valence-electron chi connectivity index (χ0n) is 19.6. The highest BCUT2D eigenvalue weighted by Crippen LogP contribution is 2.42. The van der Waals surface area contributed by atoms with E-state index in [4.69, 9.17) is 9.15 Å². The Balaban J connectivity index is 1.87. The lowest BCUT2D eigenvalue weighted by atomic mass is 9.74. The van der Waals surface area contributed by atoms with Crippen molar-refractivity contribution in [3.8, 4) is 6.07 Å². The minimum Gasteiger partial charge on any atom is -0.466 e. The second-order valence-electron chi connectivity index (χ2n) is 9.48. The molecule has 31 heavy (non-hydrogen) atoms. The van der Waals surface area contributed by atoms with Gasteiger partial charge in [-0.1, -0.05) is 13.8 Å². The fourth-order valence-electron chi connectivity index (χ4n) is 4.80. The molecule has 166 valence electrons. The van der Waals surface area contributed by atoms with Gasteiger partial charge in [-0.3, -0.25) is 4.79 Å². The summed E-state index contributed by atoms with van der Waals surface area (Å²) >= 11 is 0. The van der Waals surface area contributed by atoms with Gasteiger partial charge in [0.05, 0.1) is 18.7 Å². The Hall–Kier alpha value is -2.78. The molecule has 2 aromatic heterocycles. The molecular weight excluding hydrogens is 390 g/mol. The summed E-state index contributed by atoms with van der Waals surface area (Å²) in [5, 5.41) is 12.8. The van der Waals surface area contributed by atoms with E-state index in [1.165, 1.54) is 0 Å². The minimum absolute atomic E-state index is 0.00810. The summed E-state index contributed by atoms with van der Waals surface area (Å²) < 4.78 is 13.3. The lowest BCUT2D eigenvalue weighted by molar-refractivity contribution is -0.118. The number of carbonyl (C=O) groups is 1. The third-order valence-electron chi connectivity index (χ3n) is 6.08. The van der Waals surface area contributed by atoms with Crippen molar-refractivity contribution >= 4 is 12.0 Å². The number of ether oxygens (including phenoxy) is 1. The summed E-state index contributed by atoms with van der Waals surface area (Å²) in [5.41, 5.74) is 4.08. The number of fused-ring (bicyclic) bond motifs is 1. The van der Waals surface area contributed by atoms with E-state index in [2.05, 4.69) is 36.7 Å². The smallest absolute Gasteiger partial charge is 0.262 e. The maximum Gasteiger partial charge on any atom is 0.262 e. The van der Waals surface area contributed by atoms with Gasteiger partial charge in [0.1, 0.15) is 23.2 Å². The van der Waals surface area contributed by atoms with E-state index in [-0.39, 0.29) is 29.0 Å². The van der Waals surface area contributed by atoms with Crippen LogP contribution in [0.15, 0.2) is 22.1 Å². The summed E-state index contributed by atoms with van der Waals surface area (Å²) in [4.78, 5) is 13.1. The van der Waals surface area contributed by atoms with Crippen LogP contribution in [0.4, 0.5) is 0 Å². The molecule has 0 saturated heterocycles.